The molecule has 3 aromatic rings. The van der Waals surface area contributed by atoms with E-state index in [2.05, 4.69) is 0 Å². The normalized spacial score (nSPS) is 17.0. The molecule has 1 aliphatic rings. The lowest BCUT2D eigenvalue weighted by atomic mass is 10.2. The van der Waals surface area contributed by atoms with E-state index in [0.717, 1.165) is 20.8 Å². The molecule has 1 aliphatic heterocycles. The number of rotatable bonds is 4. The Morgan fingerprint density at radius 2 is 2.04 bits per heavy atom. The molecule has 0 N–H and O–H groups in total. The molecular formula is C19H18N2O3S2. The Bertz CT molecular complexity index is 1040. The van der Waals surface area contributed by atoms with Crippen molar-refractivity contribution in [2.24, 2.45) is 0 Å². The fourth-order valence-electron chi connectivity index (χ4n) is 3.02. The van der Waals surface area contributed by atoms with Gasteiger partial charge in [-0.3, -0.25) is 14.2 Å². The van der Waals surface area contributed by atoms with Crippen LogP contribution in [0.3, 0.4) is 0 Å². The third-order valence-corrected chi connectivity index (χ3v) is 6.91. The number of carbonyl (C=O) groups is 1. The van der Waals surface area contributed by atoms with Crippen molar-refractivity contribution in [3.8, 4) is 0 Å². The molecule has 1 atom stereocenters. The monoisotopic (exact) mass is 386 g/mol. The van der Waals surface area contributed by atoms with Gasteiger partial charge in [0.15, 0.2) is 5.16 Å². The summed E-state index contributed by atoms with van der Waals surface area (Å²) < 4.78 is 6.75. The van der Waals surface area contributed by atoms with Crippen LogP contribution in [-0.4, -0.2) is 27.4 Å². The number of fused-ring (bicyclic) bond motifs is 1. The smallest absolute Gasteiger partial charge is 0.319 e. The van der Waals surface area contributed by atoms with Gasteiger partial charge in [-0.15, -0.1) is 11.3 Å². The van der Waals surface area contributed by atoms with Crippen molar-refractivity contribution in [2.45, 2.75) is 37.2 Å². The van der Waals surface area contributed by atoms with Crippen molar-refractivity contribution in [3.05, 3.63) is 56.7 Å². The molecule has 0 radical (unpaired) electrons. The SMILES string of the molecule is Cc1sc2nc(S[C@H]3CCOC3=O)n(Cc3ccccc3)c(=O)c2c1C. The second-order valence-corrected chi connectivity index (χ2v) is 8.67. The topological polar surface area (TPSA) is 61.2 Å². The molecule has 1 aromatic carbocycles. The number of aromatic nitrogens is 2. The van der Waals surface area contributed by atoms with Crippen LogP contribution < -0.4 is 5.56 Å². The molecule has 5 nitrogen and oxygen atoms in total. The van der Waals surface area contributed by atoms with Gasteiger partial charge >= 0.3 is 5.97 Å². The van der Waals surface area contributed by atoms with E-state index in [1.54, 1.807) is 4.57 Å². The van der Waals surface area contributed by atoms with E-state index in [1.807, 2.05) is 44.2 Å². The summed E-state index contributed by atoms with van der Waals surface area (Å²) >= 11 is 2.86. The minimum Gasteiger partial charge on any atom is -0.465 e. The maximum atomic E-state index is 13.2. The predicted octanol–water partition coefficient (Wildman–Crippen LogP) is 3.53. The van der Waals surface area contributed by atoms with Crippen molar-refractivity contribution in [1.82, 2.24) is 9.55 Å². The quantitative estimate of drug-likeness (QED) is 0.507. The number of hydrogen-bond donors (Lipinski definition) is 0. The number of carbonyl (C=O) groups excluding carboxylic acids is 1. The lowest BCUT2D eigenvalue weighted by molar-refractivity contribution is -0.137. The average Bonchev–Trinajstić information content (AvgIpc) is 3.15. The number of thioether (sulfide) groups is 1. The zero-order chi connectivity index (χ0) is 18.3. The fourth-order valence-corrected chi connectivity index (χ4v) is 5.14. The number of benzene rings is 1. The first-order valence-electron chi connectivity index (χ1n) is 8.42. The molecule has 0 saturated carbocycles. The van der Waals surface area contributed by atoms with Crippen molar-refractivity contribution in [1.29, 1.82) is 0 Å². The zero-order valence-corrected chi connectivity index (χ0v) is 16.2. The van der Waals surface area contributed by atoms with Gasteiger partial charge in [0.25, 0.3) is 5.56 Å². The Morgan fingerprint density at radius 1 is 1.27 bits per heavy atom. The summed E-state index contributed by atoms with van der Waals surface area (Å²) in [5, 5.41) is 0.960. The van der Waals surface area contributed by atoms with Crippen molar-refractivity contribution in [3.63, 3.8) is 0 Å². The van der Waals surface area contributed by atoms with E-state index in [4.69, 9.17) is 9.72 Å². The van der Waals surface area contributed by atoms with Gasteiger partial charge in [0.05, 0.1) is 18.5 Å². The fraction of sp³-hybridized carbons (Fsp3) is 0.316. The second-order valence-electron chi connectivity index (χ2n) is 6.30. The van der Waals surface area contributed by atoms with Crippen molar-refractivity contribution in [2.75, 3.05) is 6.61 Å². The van der Waals surface area contributed by atoms with E-state index >= 15 is 0 Å². The molecule has 0 aliphatic carbocycles. The van der Waals surface area contributed by atoms with Gasteiger partial charge in [0.1, 0.15) is 10.1 Å². The Kier molecular flexibility index (Phi) is 4.58. The maximum Gasteiger partial charge on any atom is 0.319 e. The number of nitrogens with zero attached hydrogens (tertiary/aromatic N) is 2. The first-order chi connectivity index (χ1) is 12.5. The van der Waals surface area contributed by atoms with Gasteiger partial charge in [0.2, 0.25) is 0 Å². The van der Waals surface area contributed by atoms with Crippen molar-refractivity contribution >= 4 is 39.3 Å². The number of ether oxygens (including phenoxy) is 1. The third kappa shape index (κ3) is 3.05. The highest BCUT2D eigenvalue weighted by Gasteiger charge is 2.30. The van der Waals surface area contributed by atoms with Crippen LogP contribution in [0.1, 0.15) is 22.4 Å². The van der Waals surface area contributed by atoms with Gasteiger partial charge in [-0.2, -0.15) is 0 Å². The zero-order valence-electron chi connectivity index (χ0n) is 14.5. The van der Waals surface area contributed by atoms with Crippen molar-refractivity contribution < 1.29 is 9.53 Å². The third-order valence-electron chi connectivity index (χ3n) is 4.57. The largest absolute Gasteiger partial charge is 0.465 e. The van der Waals surface area contributed by atoms with E-state index in [1.165, 1.54) is 23.1 Å². The molecule has 134 valence electrons. The van der Waals surface area contributed by atoms with Crippen LogP contribution in [0.25, 0.3) is 10.2 Å². The number of thiophene rings is 1. The molecule has 0 amide bonds. The molecule has 4 rings (SSSR count). The molecule has 0 spiro atoms. The highest BCUT2D eigenvalue weighted by molar-refractivity contribution is 8.00. The average molecular weight is 386 g/mol. The van der Waals surface area contributed by atoms with Crippen LogP contribution in [0.5, 0.6) is 0 Å². The Morgan fingerprint density at radius 3 is 2.73 bits per heavy atom. The molecule has 0 bridgehead atoms. The van der Waals surface area contributed by atoms with Gasteiger partial charge in [-0.05, 0) is 25.0 Å². The maximum absolute atomic E-state index is 13.2. The number of esters is 1. The number of cyclic esters (lactones) is 1. The minimum absolute atomic E-state index is 0.0467. The summed E-state index contributed by atoms with van der Waals surface area (Å²) in [5.74, 6) is -0.228. The first kappa shape index (κ1) is 17.3. The Labute approximate surface area is 159 Å². The van der Waals surface area contributed by atoms with E-state index in [-0.39, 0.29) is 16.8 Å². The molecule has 3 heterocycles. The lowest BCUT2D eigenvalue weighted by Gasteiger charge is -2.14. The molecule has 1 saturated heterocycles. The second kappa shape index (κ2) is 6.89. The lowest BCUT2D eigenvalue weighted by Crippen LogP contribution is -2.25. The van der Waals surface area contributed by atoms with Crippen LogP contribution >= 0.6 is 23.1 Å². The Balaban J connectivity index is 1.85. The van der Waals surface area contributed by atoms with Gasteiger partial charge < -0.3 is 4.74 Å². The molecule has 0 unspecified atom stereocenters. The number of hydrogen-bond acceptors (Lipinski definition) is 6. The van der Waals surface area contributed by atoms with Crippen LogP contribution in [0.4, 0.5) is 0 Å². The van der Waals surface area contributed by atoms with Gasteiger partial charge in [-0.25, -0.2) is 4.98 Å². The van der Waals surface area contributed by atoms with Crippen LogP contribution in [0.2, 0.25) is 0 Å². The highest BCUT2D eigenvalue weighted by Crippen LogP contribution is 2.32. The number of aryl methyl sites for hydroxylation is 2. The molecule has 2 aromatic heterocycles. The van der Waals surface area contributed by atoms with E-state index in [9.17, 15) is 9.59 Å². The summed E-state index contributed by atoms with van der Waals surface area (Å²) in [6, 6.07) is 9.83. The summed E-state index contributed by atoms with van der Waals surface area (Å²) in [6.45, 7) is 4.83. The van der Waals surface area contributed by atoms with Crippen LogP contribution in [0.15, 0.2) is 40.3 Å². The highest BCUT2D eigenvalue weighted by atomic mass is 32.2. The van der Waals surface area contributed by atoms with Gasteiger partial charge in [0, 0.05) is 11.3 Å². The summed E-state index contributed by atoms with van der Waals surface area (Å²) in [5.41, 5.74) is 1.96. The molecular weight excluding hydrogens is 368 g/mol. The molecule has 7 heteroatoms. The summed E-state index contributed by atoms with van der Waals surface area (Å²) in [6.07, 6.45) is 0.644. The first-order valence-corrected chi connectivity index (χ1v) is 10.1. The summed E-state index contributed by atoms with van der Waals surface area (Å²) in [7, 11) is 0. The van der Waals surface area contributed by atoms with Crippen LogP contribution in [-0.2, 0) is 16.1 Å². The standard InChI is InChI=1S/C19H18N2O3S2/c1-11-12(2)25-16-15(11)17(22)21(10-13-6-4-3-5-7-13)19(20-16)26-14-8-9-24-18(14)23/h3-7,14H,8-10H2,1-2H3/t14-/m0/s1. The molecule has 26 heavy (non-hydrogen) atoms. The van der Waals surface area contributed by atoms with E-state index in [0.29, 0.717) is 30.1 Å². The van der Waals surface area contributed by atoms with E-state index < -0.39 is 0 Å². The van der Waals surface area contributed by atoms with Gasteiger partial charge in [-0.1, -0.05) is 42.1 Å². The minimum atomic E-state index is -0.302. The predicted molar refractivity (Wildman–Crippen MR) is 104 cm³/mol. The molecule has 1 fully saturated rings. The van der Waals surface area contributed by atoms with Crippen LogP contribution in [0, 0.1) is 13.8 Å². The Hall–Kier alpha value is -2.12. The summed E-state index contributed by atoms with van der Waals surface area (Å²) in [4.78, 5) is 31.7.